The monoisotopic (exact) mass is 370 g/mol. The van der Waals surface area contributed by atoms with Gasteiger partial charge in [-0.05, 0) is 74.1 Å². The maximum atomic E-state index is 13.0. The van der Waals surface area contributed by atoms with Crippen molar-refractivity contribution in [1.29, 1.82) is 0 Å². The number of carbonyl (C=O) groups excluding carboxylic acids is 1. The molecule has 28 heavy (non-hydrogen) atoms. The molecule has 2 heterocycles. The molecule has 1 aromatic heterocycles. The van der Waals surface area contributed by atoms with E-state index < -0.39 is 0 Å². The first-order valence-corrected chi connectivity index (χ1v) is 10.00. The first kappa shape index (κ1) is 18.4. The molecule has 3 aromatic rings. The minimum Gasteiger partial charge on any atom is -0.330 e. The molecule has 1 fully saturated rings. The van der Waals surface area contributed by atoms with Gasteiger partial charge < -0.3 is 4.90 Å². The third-order valence-electron chi connectivity index (χ3n) is 5.56. The average molecular weight is 370 g/mol. The Morgan fingerprint density at radius 2 is 1.79 bits per heavy atom. The minimum atomic E-state index is 0.0585. The summed E-state index contributed by atoms with van der Waals surface area (Å²) >= 11 is 0. The molecular formula is C25H26N2O. The summed E-state index contributed by atoms with van der Waals surface area (Å²) in [4.78, 5) is 19.8. The van der Waals surface area contributed by atoms with Gasteiger partial charge in [0.25, 0.3) is 5.91 Å². The molecule has 0 spiro atoms. The lowest BCUT2D eigenvalue weighted by Crippen LogP contribution is -2.31. The fraction of sp³-hybridized carbons (Fsp3) is 0.280. The molecule has 4 rings (SSSR count). The number of pyridine rings is 1. The highest BCUT2D eigenvalue weighted by Crippen LogP contribution is 2.33. The van der Waals surface area contributed by atoms with Crippen LogP contribution in [-0.4, -0.2) is 22.3 Å². The van der Waals surface area contributed by atoms with E-state index in [1.54, 1.807) is 0 Å². The molecule has 3 heteroatoms. The van der Waals surface area contributed by atoms with Crippen LogP contribution in [0.3, 0.4) is 0 Å². The van der Waals surface area contributed by atoms with Gasteiger partial charge in [0, 0.05) is 17.8 Å². The summed E-state index contributed by atoms with van der Waals surface area (Å²) in [5.41, 5.74) is 6.69. The van der Waals surface area contributed by atoms with Crippen molar-refractivity contribution in [3.8, 4) is 0 Å². The van der Waals surface area contributed by atoms with Crippen molar-refractivity contribution in [2.75, 3.05) is 6.54 Å². The van der Waals surface area contributed by atoms with Crippen LogP contribution in [0.25, 0.3) is 0 Å². The van der Waals surface area contributed by atoms with Gasteiger partial charge in [0.1, 0.15) is 0 Å². The SMILES string of the molecule is Cc1cc(Cc2ccccc2C)cc(C2CCCN2C(=O)c2ccccc2)n1. The summed E-state index contributed by atoms with van der Waals surface area (Å²) in [5.74, 6) is 0.104. The maximum Gasteiger partial charge on any atom is 0.254 e. The number of hydrogen-bond acceptors (Lipinski definition) is 2. The van der Waals surface area contributed by atoms with Crippen molar-refractivity contribution in [1.82, 2.24) is 9.88 Å². The van der Waals surface area contributed by atoms with Crippen LogP contribution in [0.4, 0.5) is 0 Å². The van der Waals surface area contributed by atoms with E-state index >= 15 is 0 Å². The van der Waals surface area contributed by atoms with Crippen molar-refractivity contribution in [3.05, 3.63) is 100 Å². The number of hydrogen-bond donors (Lipinski definition) is 0. The Hall–Kier alpha value is -2.94. The van der Waals surface area contributed by atoms with Gasteiger partial charge in [0.2, 0.25) is 0 Å². The zero-order valence-corrected chi connectivity index (χ0v) is 16.6. The number of carbonyl (C=O) groups is 1. The number of benzene rings is 2. The van der Waals surface area contributed by atoms with Gasteiger partial charge in [-0.2, -0.15) is 0 Å². The van der Waals surface area contributed by atoms with E-state index in [1.165, 1.54) is 16.7 Å². The molecule has 1 unspecified atom stereocenters. The van der Waals surface area contributed by atoms with Gasteiger partial charge in [-0.1, -0.05) is 42.5 Å². The number of aromatic nitrogens is 1. The average Bonchev–Trinajstić information content (AvgIpc) is 3.19. The van der Waals surface area contributed by atoms with E-state index in [0.717, 1.165) is 42.8 Å². The molecule has 1 saturated heterocycles. The quantitative estimate of drug-likeness (QED) is 0.627. The number of nitrogens with zero attached hydrogens (tertiary/aromatic N) is 2. The maximum absolute atomic E-state index is 13.0. The van der Waals surface area contributed by atoms with Crippen LogP contribution in [0.15, 0.2) is 66.7 Å². The predicted molar refractivity (Wildman–Crippen MR) is 112 cm³/mol. The van der Waals surface area contributed by atoms with Crippen LogP contribution >= 0.6 is 0 Å². The van der Waals surface area contributed by atoms with E-state index in [4.69, 9.17) is 4.98 Å². The summed E-state index contributed by atoms with van der Waals surface area (Å²) in [5, 5.41) is 0. The summed E-state index contributed by atoms with van der Waals surface area (Å²) in [6, 6.07) is 22.5. The lowest BCUT2D eigenvalue weighted by molar-refractivity contribution is 0.0732. The Morgan fingerprint density at radius 3 is 2.57 bits per heavy atom. The molecular weight excluding hydrogens is 344 g/mol. The Labute approximate surface area is 167 Å². The topological polar surface area (TPSA) is 33.2 Å². The first-order chi connectivity index (χ1) is 13.6. The molecule has 2 aromatic carbocycles. The highest BCUT2D eigenvalue weighted by molar-refractivity contribution is 5.94. The van der Waals surface area contributed by atoms with E-state index in [-0.39, 0.29) is 11.9 Å². The van der Waals surface area contributed by atoms with Gasteiger partial charge in [-0.15, -0.1) is 0 Å². The van der Waals surface area contributed by atoms with Crippen LogP contribution in [0, 0.1) is 13.8 Å². The molecule has 0 bridgehead atoms. The van der Waals surface area contributed by atoms with Crippen LogP contribution in [-0.2, 0) is 6.42 Å². The van der Waals surface area contributed by atoms with Crippen molar-refractivity contribution in [2.24, 2.45) is 0 Å². The van der Waals surface area contributed by atoms with Gasteiger partial charge in [0.15, 0.2) is 0 Å². The molecule has 0 radical (unpaired) electrons. The third-order valence-corrected chi connectivity index (χ3v) is 5.56. The summed E-state index contributed by atoms with van der Waals surface area (Å²) in [6.45, 7) is 4.99. The van der Waals surface area contributed by atoms with Crippen LogP contribution in [0.2, 0.25) is 0 Å². The molecule has 3 nitrogen and oxygen atoms in total. The molecule has 0 saturated carbocycles. The van der Waals surface area contributed by atoms with Crippen LogP contribution < -0.4 is 0 Å². The number of rotatable bonds is 4. The molecule has 0 aliphatic carbocycles. The van der Waals surface area contributed by atoms with Crippen molar-refractivity contribution < 1.29 is 4.79 Å². The lowest BCUT2D eigenvalue weighted by atomic mass is 9.98. The van der Waals surface area contributed by atoms with E-state index in [0.29, 0.717) is 0 Å². The zero-order chi connectivity index (χ0) is 19.5. The second kappa shape index (κ2) is 7.97. The smallest absolute Gasteiger partial charge is 0.254 e. The second-order valence-electron chi connectivity index (χ2n) is 7.67. The molecule has 1 amide bonds. The van der Waals surface area contributed by atoms with E-state index in [1.807, 2.05) is 42.2 Å². The predicted octanol–water partition coefficient (Wildman–Crippen LogP) is 5.27. The Bertz CT molecular complexity index is 981. The molecule has 1 aliphatic rings. The van der Waals surface area contributed by atoms with E-state index in [2.05, 4.69) is 43.3 Å². The lowest BCUT2D eigenvalue weighted by Gasteiger charge is -2.25. The summed E-state index contributed by atoms with van der Waals surface area (Å²) < 4.78 is 0. The Balaban J connectivity index is 1.62. The Morgan fingerprint density at radius 1 is 1.04 bits per heavy atom. The fourth-order valence-electron chi connectivity index (χ4n) is 4.13. The second-order valence-corrected chi connectivity index (χ2v) is 7.67. The van der Waals surface area contributed by atoms with Crippen LogP contribution in [0.1, 0.15) is 57.3 Å². The minimum absolute atomic E-state index is 0.0585. The Kier molecular flexibility index (Phi) is 5.25. The molecule has 1 atom stereocenters. The fourth-order valence-corrected chi connectivity index (χ4v) is 4.13. The highest BCUT2D eigenvalue weighted by atomic mass is 16.2. The molecule has 1 aliphatic heterocycles. The largest absolute Gasteiger partial charge is 0.330 e. The third kappa shape index (κ3) is 3.84. The van der Waals surface area contributed by atoms with Crippen molar-refractivity contribution in [2.45, 2.75) is 39.2 Å². The number of amides is 1. The van der Waals surface area contributed by atoms with Gasteiger partial charge in [0.05, 0.1) is 11.7 Å². The zero-order valence-electron chi connectivity index (χ0n) is 16.6. The standard InChI is InChI=1S/C25H26N2O/c1-18-9-6-7-12-22(18)16-20-15-19(2)26-23(17-20)24-13-8-14-27(24)25(28)21-10-4-3-5-11-21/h3-7,9-12,15,17,24H,8,13-14,16H2,1-2H3. The normalized spacial score (nSPS) is 16.4. The summed E-state index contributed by atoms with van der Waals surface area (Å²) in [6.07, 6.45) is 2.88. The van der Waals surface area contributed by atoms with Crippen molar-refractivity contribution in [3.63, 3.8) is 0 Å². The highest BCUT2D eigenvalue weighted by Gasteiger charge is 2.31. The van der Waals surface area contributed by atoms with Gasteiger partial charge >= 0.3 is 0 Å². The van der Waals surface area contributed by atoms with Crippen molar-refractivity contribution >= 4 is 5.91 Å². The first-order valence-electron chi connectivity index (χ1n) is 10.00. The van der Waals surface area contributed by atoms with E-state index in [9.17, 15) is 4.79 Å². The van der Waals surface area contributed by atoms with Gasteiger partial charge in [-0.3, -0.25) is 9.78 Å². The summed E-state index contributed by atoms with van der Waals surface area (Å²) in [7, 11) is 0. The molecule has 142 valence electrons. The van der Waals surface area contributed by atoms with Crippen LogP contribution in [0.5, 0.6) is 0 Å². The van der Waals surface area contributed by atoms with Gasteiger partial charge in [-0.25, -0.2) is 0 Å². The molecule has 0 N–H and O–H groups in total. The number of aryl methyl sites for hydroxylation is 2. The number of likely N-dealkylation sites (tertiary alicyclic amines) is 1.